The number of aromatic nitrogens is 4. The van der Waals surface area contributed by atoms with E-state index in [9.17, 15) is 4.79 Å². The highest BCUT2D eigenvalue weighted by Gasteiger charge is 2.13. The number of aromatic amines is 2. The molecule has 0 aliphatic carbocycles. The molecule has 3 heterocycles. The molecule has 0 aliphatic rings. The van der Waals surface area contributed by atoms with E-state index in [-0.39, 0.29) is 5.91 Å². The fourth-order valence-corrected chi connectivity index (χ4v) is 3.83. The van der Waals surface area contributed by atoms with Crippen molar-refractivity contribution in [2.24, 2.45) is 0 Å². The van der Waals surface area contributed by atoms with Crippen LogP contribution in [0.3, 0.4) is 0 Å². The summed E-state index contributed by atoms with van der Waals surface area (Å²) in [6, 6.07) is 17.6. The number of ether oxygens (including phenoxy) is 1. The molecule has 0 saturated heterocycles. The summed E-state index contributed by atoms with van der Waals surface area (Å²) in [6.45, 7) is 0.933. The average molecular weight is 426 g/mol. The van der Waals surface area contributed by atoms with Crippen LogP contribution in [0, 0.1) is 0 Å². The van der Waals surface area contributed by atoms with E-state index in [1.807, 2.05) is 42.5 Å². The summed E-state index contributed by atoms with van der Waals surface area (Å²) in [5.74, 6) is 0.340. The predicted molar refractivity (Wildman–Crippen MR) is 125 cm³/mol. The number of hydrogen-bond acceptors (Lipinski definition) is 5. The Morgan fingerprint density at radius 1 is 1.09 bits per heavy atom. The molecule has 0 unspecified atom stereocenters. The molecule has 0 aliphatic heterocycles. The number of anilines is 1. The summed E-state index contributed by atoms with van der Waals surface area (Å²) >= 11 is 0. The lowest BCUT2D eigenvalue weighted by Crippen LogP contribution is -2.26. The van der Waals surface area contributed by atoms with Crippen molar-refractivity contribution in [3.8, 4) is 22.4 Å². The summed E-state index contributed by atoms with van der Waals surface area (Å²) in [5.41, 5.74) is 12.1. The van der Waals surface area contributed by atoms with Crippen molar-refractivity contribution in [1.82, 2.24) is 25.5 Å². The average Bonchev–Trinajstić information content (AvgIpc) is 3.43. The van der Waals surface area contributed by atoms with Gasteiger partial charge in [-0.3, -0.25) is 9.89 Å². The lowest BCUT2D eigenvalue weighted by atomic mass is 10.0. The third-order valence-corrected chi connectivity index (χ3v) is 5.46. The number of carbonyl (C=O) groups excluding carboxylic acids is 1. The molecule has 0 atom stereocenters. The van der Waals surface area contributed by atoms with Gasteiger partial charge in [-0.15, -0.1) is 0 Å². The van der Waals surface area contributed by atoms with Crippen molar-refractivity contribution in [2.45, 2.75) is 0 Å². The minimum absolute atomic E-state index is 0.134. The van der Waals surface area contributed by atoms with Crippen LogP contribution in [0.4, 0.5) is 5.82 Å². The number of amides is 1. The first-order valence-corrected chi connectivity index (χ1v) is 10.2. The fraction of sp³-hybridized carbons (Fsp3) is 0.125. The highest BCUT2D eigenvalue weighted by Crippen LogP contribution is 2.33. The molecule has 160 valence electrons. The first-order valence-electron chi connectivity index (χ1n) is 10.2. The van der Waals surface area contributed by atoms with Crippen LogP contribution < -0.4 is 11.1 Å². The number of hydrogen-bond donors (Lipinski definition) is 4. The lowest BCUT2D eigenvalue weighted by molar-refractivity contribution is 0.0937. The summed E-state index contributed by atoms with van der Waals surface area (Å²) in [5, 5.41) is 11.7. The minimum atomic E-state index is -0.134. The number of nitrogens with two attached hydrogens (primary N) is 1. The van der Waals surface area contributed by atoms with Gasteiger partial charge in [0.2, 0.25) is 0 Å². The Bertz CT molecular complexity index is 1440. The molecule has 8 heteroatoms. The van der Waals surface area contributed by atoms with Gasteiger partial charge in [-0.05, 0) is 53.1 Å². The van der Waals surface area contributed by atoms with E-state index in [0.717, 1.165) is 44.3 Å². The van der Waals surface area contributed by atoms with Crippen LogP contribution in [0.1, 0.15) is 10.4 Å². The lowest BCUT2D eigenvalue weighted by Gasteiger charge is -2.06. The normalized spacial score (nSPS) is 11.3. The molecule has 5 rings (SSSR count). The van der Waals surface area contributed by atoms with Crippen LogP contribution in [0.2, 0.25) is 0 Å². The summed E-state index contributed by atoms with van der Waals surface area (Å²) in [7, 11) is 1.60. The van der Waals surface area contributed by atoms with Gasteiger partial charge in [-0.25, -0.2) is 4.98 Å². The summed E-state index contributed by atoms with van der Waals surface area (Å²) in [4.78, 5) is 20.3. The minimum Gasteiger partial charge on any atom is -0.383 e. The van der Waals surface area contributed by atoms with E-state index in [4.69, 9.17) is 10.5 Å². The molecule has 0 radical (unpaired) electrons. The SMILES string of the molecule is COCCNC(=O)c1cccc(-c2cc3c(-c4ccc5[nH]nc(N)c5c4)ccnc3[nH]2)c1. The molecule has 0 spiro atoms. The van der Waals surface area contributed by atoms with Gasteiger partial charge in [0.25, 0.3) is 5.91 Å². The summed E-state index contributed by atoms with van der Waals surface area (Å²) in [6.07, 6.45) is 1.78. The molecule has 0 fully saturated rings. The maximum Gasteiger partial charge on any atom is 0.251 e. The van der Waals surface area contributed by atoms with Gasteiger partial charge in [0, 0.05) is 41.9 Å². The number of nitrogens with zero attached hydrogens (tertiary/aromatic N) is 2. The maximum atomic E-state index is 12.4. The Kier molecular flexibility index (Phi) is 5.04. The third kappa shape index (κ3) is 3.57. The van der Waals surface area contributed by atoms with E-state index in [0.29, 0.717) is 24.5 Å². The van der Waals surface area contributed by atoms with Gasteiger partial charge in [0.05, 0.1) is 12.1 Å². The number of H-pyrrole nitrogens is 2. The highest BCUT2D eigenvalue weighted by atomic mass is 16.5. The van der Waals surface area contributed by atoms with E-state index in [1.165, 1.54) is 0 Å². The van der Waals surface area contributed by atoms with Crippen molar-refractivity contribution in [2.75, 3.05) is 26.0 Å². The molecule has 32 heavy (non-hydrogen) atoms. The second kappa shape index (κ2) is 8.16. The van der Waals surface area contributed by atoms with Gasteiger partial charge in [0.15, 0.2) is 5.82 Å². The van der Waals surface area contributed by atoms with Gasteiger partial charge in [-0.1, -0.05) is 18.2 Å². The van der Waals surface area contributed by atoms with Crippen molar-refractivity contribution >= 4 is 33.7 Å². The Morgan fingerprint density at radius 2 is 2.00 bits per heavy atom. The number of pyridine rings is 1. The zero-order chi connectivity index (χ0) is 22.1. The first-order chi connectivity index (χ1) is 15.6. The molecule has 3 aromatic heterocycles. The van der Waals surface area contributed by atoms with Gasteiger partial charge >= 0.3 is 0 Å². The van der Waals surface area contributed by atoms with E-state index < -0.39 is 0 Å². The first kappa shape index (κ1) is 19.8. The van der Waals surface area contributed by atoms with E-state index in [1.54, 1.807) is 19.4 Å². The molecule has 0 saturated carbocycles. The quantitative estimate of drug-likeness (QED) is 0.308. The molecule has 8 nitrogen and oxygen atoms in total. The van der Waals surface area contributed by atoms with Crippen molar-refractivity contribution in [3.05, 3.63) is 66.4 Å². The molecular formula is C24H22N6O2. The molecule has 2 aromatic carbocycles. The Morgan fingerprint density at radius 3 is 2.88 bits per heavy atom. The van der Waals surface area contributed by atoms with E-state index in [2.05, 4.69) is 31.5 Å². The zero-order valence-corrected chi connectivity index (χ0v) is 17.5. The zero-order valence-electron chi connectivity index (χ0n) is 17.5. The topological polar surface area (TPSA) is 122 Å². The Balaban J connectivity index is 1.52. The number of carbonyl (C=O) groups is 1. The van der Waals surface area contributed by atoms with Gasteiger partial charge in [-0.2, -0.15) is 5.10 Å². The number of methoxy groups -OCH3 is 1. The number of benzene rings is 2. The molecule has 1 amide bonds. The van der Waals surface area contributed by atoms with Crippen LogP contribution in [-0.4, -0.2) is 46.3 Å². The van der Waals surface area contributed by atoms with Crippen molar-refractivity contribution in [3.63, 3.8) is 0 Å². The maximum absolute atomic E-state index is 12.4. The predicted octanol–water partition coefficient (Wildman–Crippen LogP) is 3.73. The van der Waals surface area contributed by atoms with Crippen LogP contribution in [0.15, 0.2) is 60.8 Å². The number of nitrogens with one attached hydrogen (secondary N) is 3. The highest BCUT2D eigenvalue weighted by molar-refractivity contribution is 6.00. The molecule has 5 N–H and O–H groups in total. The molecule has 5 aromatic rings. The van der Waals surface area contributed by atoms with E-state index >= 15 is 0 Å². The van der Waals surface area contributed by atoms with Crippen LogP contribution >= 0.6 is 0 Å². The number of nitrogen functional groups attached to an aromatic ring is 1. The van der Waals surface area contributed by atoms with Gasteiger partial charge < -0.3 is 20.8 Å². The monoisotopic (exact) mass is 426 g/mol. The fourth-order valence-electron chi connectivity index (χ4n) is 3.83. The van der Waals surface area contributed by atoms with Crippen molar-refractivity contribution in [1.29, 1.82) is 0 Å². The summed E-state index contributed by atoms with van der Waals surface area (Å²) < 4.78 is 4.99. The van der Waals surface area contributed by atoms with Gasteiger partial charge in [0.1, 0.15) is 5.65 Å². The molecule has 0 bridgehead atoms. The smallest absolute Gasteiger partial charge is 0.251 e. The second-order valence-electron chi connectivity index (χ2n) is 7.50. The van der Waals surface area contributed by atoms with Crippen LogP contribution in [0.25, 0.3) is 44.3 Å². The Labute approximate surface area is 183 Å². The van der Waals surface area contributed by atoms with Crippen molar-refractivity contribution < 1.29 is 9.53 Å². The third-order valence-electron chi connectivity index (χ3n) is 5.46. The largest absolute Gasteiger partial charge is 0.383 e. The van der Waals surface area contributed by atoms with Crippen LogP contribution in [0.5, 0.6) is 0 Å². The number of fused-ring (bicyclic) bond motifs is 2. The Hall–Kier alpha value is -4.17. The van der Waals surface area contributed by atoms with Crippen LogP contribution in [-0.2, 0) is 4.74 Å². The number of rotatable bonds is 6. The molecular weight excluding hydrogens is 404 g/mol. The second-order valence-corrected chi connectivity index (χ2v) is 7.50. The standard InChI is InChI=1S/C24H22N6O2/c1-32-10-9-27-24(31)16-4-2-3-15(11-16)21-13-18-17(7-8-26-23(18)28-21)14-5-6-20-19(12-14)22(25)30-29-20/h2-8,11-13H,9-10H2,1H3,(H,26,28)(H,27,31)(H3,25,29,30).